The number of amides is 3. The van der Waals surface area contributed by atoms with Crippen molar-refractivity contribution in [1.82, 2.24) is 4.90 Å². The average Bonchev–Trinajstić information content (AvgIpc) is 3.14. The number of methoxy groups -OCH3 is 2. The Morgan fingerprint density at radius 1 is 0.909 bits per heavy atom. The molecule has 2 aliphatic heterocycles. The molecular formula is C25H21N3O5. The van der Waals surface area contributed by atoms with Crippen molar-refractivity contribution >= 4 is 29.1 Å². The number of carbonyl (C=O) groups is 3. The first-order valence-electron chi connectivity index (χ1n) is 10.4. The number of nitrogens with zero attached hydrogens (tertiary/aromatic N) is 2. The van der Waals surface area contributed by atoms with Gasteiger partial charge in [0.15, 0.2) is 11.5 Å². The molecule has 0 spiro atoms. The maximum absolute atomic E-state index is 13.6. The Hall–Kier alpha value is -4.33. The lowest BCUT2D eigenvalue weighted by Crippen LogP contribution is -2.50. The van der Waals surface area contributed by atoms with Gasteiger partial charge in [-0.1, -0.05) is 36.4 Å². The van der Waals surface area contributed by atoms with Gasteiger partial charge in [0.05, 0.1) is 31.0 Å². The largest absolute Gasteiger partial charge is 0.493 e. The summed E-state index contributed by atoms with van der Waals surface area (Å²) in [7, 11) is 2.96. The molecule has 0 aromatic heterocycles. The minimum Gasteiger partial charge on any atom is -0.493 e. The van der Waals surface area contributed by atoms with Gasteiger partial charge >= 0.3 is 0 Å². The maximum atomic E-state index is 13.6. The van der Waals surface area contributed by atoms with Gasteiger partial charge in [-0.2, -0.15) is 0 Å². The molecule has 0 saturated carbocycles. The summed E-state index contributed by atoms with van der Waals surface area (Å²) >= 11 is 0. The Labute approximate surface area is 190 Å². The van der Waals surface area contributed by atoms with Crippen LogP contribution in [-0.2, 0) is 4.79 Å². The fraction of sp³-hybridized carbons (Fsp3) is 0.160. The fourth-order valence-corrected chi connectivity index (χ4v) is 4.46. The first-order valence-corrected chi connectivity index (χ1v) is 10.4. The topological polar surface area (TPSA) is 88.2 Å². The normalized spacial score (nSPS) is 16.1. The molecule has 0 radical (unpaired) electrons. The van der Waals surface area contributed by atoms with Crippen LogP contribution in [0.15, 0.2) is 66.7 Å². The molecule has 33 heavy (non-hydrogen) atoms. The molecule has 8 nitrogen and oxygen atoms in total. The third-order valence-electron chi connectivity index (χ3n) is 5.85. The molecule has 5 rings (SSSR count). The Balaban J connectivity index is 1.60. The highest BCUT2D eigenvalue weighted by molar-refractivity contribution is 6.18. The summed E-state index contributed by atoms with van der Waals surface area (Å²) in [5.41, 5.74) is 2.37. The first-order chi connectivity index (χ1) is 16.0. The van der Waals surface area contributed by atoms with Gasteiger partial charge in [0.25, 0.3) is 11.8 Å². The molecule has 0 saturated heterocycles. The van der Waals surface area contributed by atoms with Crippen LogP contribution in [0.5, 0.6) is 11.5 Å². The van der Waals surface area contributed by atoms with Gasteiger partial charge in [-0.3, -0.25) is 19.3 Å². The molecule has 8 heteroatoms. The predicted octanol–water partition coefficient (Wildman–Crippen LogP) is 3.46. The van der Waals surface area contributed by atoms with Crippen molar-refractivity contribution < 1.29 is 23.9 Å². The standard InChI is InChI=1S/C25H21N3O5/c1-32-19-13-12-17-21(22(19)33-2)25(31)28-18-11-7-6-10-16(18)24(30)27(23(17)28)14-20(29)26-15-8-4-3-5-9-15/h3-13,23H,14H2,1-2H3,(H,26,29). The van der Waals surface area contributed by atoms with Crippen molar-refractivity contribution in [2.24, 2.45) is 0 Å². The summed E-state index contributed by atoms with van der Waals surface area (Å²) in [6.07, 6.45) is -0.781. The van der Waals surface area contributed by atoms with E-state index in [4.69, 9.17) is 9.47 Å². The Kier molecular flexibility index (Phi) is 4.97. The van der Waals surface area contributed by atoms with E-state index in [0.717, 1.165) is 0 Å². The first kappa shape index (κ1) is 20.6. The molecule has 3 aromatic rings. The lowest BCUT2D eigenvalue weighted by atomic mass is 10.0. The number of fused-ring (bicyclic) bond motifs is 5. The molecule has 1 unspecified atom stereocenters. The molecule has 3 aromatic carbocycles. The minimum absolute atomic E-state index is 0.232. The van der Waals surface area contributed by atoms with E-state index in [-0.39, 0.29) is 24.3 Å². The number of nitrogens with one attached hydrogen (secondary N) is 1. The summed E-state index contributed by atoms with van der Waals surface area (Å²) in [6.45, 7) is -0.232. The second-order valence-electron chi connectivity index (χ2n) is 7.68. The van der Waals surface area contributed by atoms with Crippen LogP contribution in [0.25, 0.3) is 0 Å². The van der Waals surface area contributed by atoms with E-state index >= 15 is 0 Å². The highest BCUT2D eigenvalue weighted by atomic mass is 16.5. The monoisotopic (exact) mass is 443 g/mol. The van der Waals surface area contributed by atoms with Crippen LogP contribution in [0, 0.1) is 0 Å². The molecule has 0 bridgehead atoms. The highest BCUT2D eigenvalue weighted by Crippen LogP contribution is 2.49. The number of para-hydroxylation sites is 2. The van der Waals surface area contributed by atoms with Crippen molar-refractivity contribution in [3.05, 3.63) is 83.4 Å². The second-order valence-corrected chi connectivity index (χ2v) is 7.68. The number of ether oxygens (including phenoxy) is 2. The lowest BCUT2D eigenvalue weighted by molar-refractivity contribution is -0.117. The number of carbonyl (C=O) groups excluding carboxylic acids is 3. The van der Waals surface area contributed by atoms with E-state index < -0.39 is 6.17 Å². The van der Waals surface area contributed by atoms with E-state index in [0.29, 0.717) is 39.6 Å². The van der Waals surface area contributed by atoms with Gasteiger partial charge in [0, 0.05) is 11.3 Å². The molecule has 1 atom stereocenters. The quantitative estimate of drug-likeness (QED) is 0.653. The Morgan fingerprint density at radius 3 is 2.36 bits per heavy atom. The second kappa shape index (κ2) is 7.98. The number of benzene rings is 3. The molecule has 0 aliphatic carbocycles. The molecule has 166 valence electrons. The molecule has 1 N–H and O–H groups in total. The molecule has 0 fully saturated rings. The third-order valence-corrected chi connectivity index (χ3v) is 5.85. The van der Waals surface area contributed by atoms with Gasteiger partial charge in [-0.15, -0.1) is 0 Å². The van der Waals surface area contributed by atoms with Gasteiger partial charge in [-0.25, -0.2) is 0 Å². The molecule has 2 heterocycles. The zero-order valence-corrected chi connectivity index (χ0v) is 18.1. The van der Waals surface area contributed by atoms with Crippen LogP contribution < -0.4 is 19.7 Å². The fourth-order valence-electron chi connectivity index (χ4n) is 4.46. The average molecular weight is 443 g/mol. The summed E-state index contributed by atoms with van der Waals surface area (Å²) in [5, 5.41) is 2.81. The summed E-state index contributed by atoms with van der Waals surface area (Å²) < 4.78 is 10.9. The van der Waals surface area contributed by atoms with Gasteiger partial charge < -0.3 is 19.7 Å². The van der Waals surface area contributed by atoms with Crippen LogP contribution in [0.4, 0.5) is 11.4 Å². The highest BCUT2D eigenvalue weighted by Gasteiger charge is 2.50. The van der Waals surface area contributed by atoms with Crippen LogP contribution in [-0.4, -0.2) is 43.4 Å². The number of rotatable bonds is 5. The van der Waals surface area contributed by atoms with E-state index in [2.05, 4.69) is 5.32 Å². The number of hydrogen-bond acceptors (Lipinski definition) is 5. The number of anilines is 2. The maximum Gasteiger partial charge on any atom is 0.264 e. The van der Waals surface area contributed by atoms with Crippen molar-refractivity contribution in [1.29, 1.82) is 0 Å². The van der Waals surface area contributed by atoms with Gasteiger partial charge in [0.2, 0.25) is 5.91 Å². The zero-order valence-electron chi connectivity index (χ0n) is 18.1. The van der Waals surface area contributed by atoms with Gasteiger partial charge in [-0.05, 0) is 30.3 Å². The zero-order chi connectivity index (χ0) is 23.1. The van der Waals surface area contributed by atoms with E-state index in [1.54, 1.807) is 53.4 Å². The molecule has 3 amide bonds. The van der Waals surface area contributed by atoms with Gasteiger partial charge in [0.1, 0.15) is 12.7 Å². The molecule has 2 aliphatic rings. The third kappa shape index (κ3) is 3.18. The Bertz CT molecular complexity index is 1270. The van der Waals surface area contributed by atoms with Crippen LogP contribution in [0.2, 0.25) is 0 Å². The van der Waals surface area contributed by atoms with Crippen molar-refractivity contribution in [3.8, 4) is 11.5 Å². The smallest absolute Gasteiger partial charge is 0.264 e. The van der Waals surface area contributed by atoms with Crippen LogP contribution >= 0.6 is 0 Å². The van der Waals surface area contributed by atoms with Crippen molar-refractivity contribution in [2.75, 3.05) is 31.0 Å². The lowest BCUT2D eigenvalue weighted by Gasteiger charge is -2.40. The van der Waals surface area contributed by atoms with Crippen LogP contribution in [0.1, 0.15) is 32.4 Å². The van der Waals surface area contributed by atoms with E-state index in [1.165, 1.54) is 19.1 Å². The predicted molar refractivity (Wildman–Crippen MR) is 122 cm³/mol. The SMILES string of the molecule is COc1ccc2c(c1OC)C(=O)N1c3ccccc3C(=O)N(CC(=O)Nc3ccccc3)C21. The van der Waals surface area contributed by atoms with Crippen molar-refractivity contribution in [3.63, 3.8) is 0 Å². The minimum atomic E-state index is -0.781. The summed E-state index contributed by atoms with van der Waals surface area (Å²) in [4.78, 5) is 43.0. The summed E-state index contributed by atoms with van der Waals surface area (Å²) in [5.74, 6) is -0.301. The van der Waals surface area contributed by atoms with E-state index in [9.17, 15) is 14.4 Å². The van der Waals surface area contributed by atoms with E-state index in [1.807, 2.05) is 18.2 Å². The summed E-state index contributed by atoms with van der Waals surface area (Å²) in [6, 6.07) is 19.3. The van der Waals surface area contributed by atoms with Crippen molar-refractivity contribution in [2.45, 2.75) is 6.17 Å². The Morgan fingerprint density at radius 2 is 1.64 bits per heavy atom. The number of hydrogen-bond donors (Lipinski definition) is 1. The molecular weight excluding hydrogens is 422 g/mol. The van der Waals surface area contributed by atoms with Crippen LogP contribution in [0.3, 0.4) is 0 Å².